The molecule has 4 fully saturated rings. The first kappa shape index (κ1) is 94.2. The number of para-hydroxylation sites is 1. The maximum atomic E-state index is 14.7. The van der Waals surface area contributed by atoms with Crippen LogP contribution in [0.1, 0.15) is 52.6 Å². The minimum Gasteiger partial charge on any atom is -0.362 e. The number of pyridine rings is 4. The number of fused-ring (bicyclic) bond motifs is 4. The van der Waals surface area contributed by atoms with E-state index >= 15 is 0 Å². The molecule has 0 aliphatic carbocycles. The number of ether oxygens (including phenoxy) is 4. The number of hydrogen-bond acceptors (Lipinski definition) is 23. The Morgan fingerprint density at radius 3 is 1.40 bits per heavy atom. The van der Waals surface area contributed by atoms with Crippen molar-refractivity contribution in [1.29, 1.82) is 0 Å². The molecule has 4 saturated heterocycles. The van der Waals surface area contributed by atoms with Gasteiger partial charge in [-0.1, -0.05) is 60.1 Å². The molecule has 137 heavy (non-hydrogen) atoms. The predicted octanol–water partition coefficient (Wildman–Crippen LogP) is 17.7. The number of carbonyl (C=O) groups excluding carboxylic acids is 4. The Labute approximate surface area is 792 Å². The number of aryl methyl sites for hydroxylation is 2. The van der Waals surface area contributed by atoms with Gasteiger partial charge in [0.05, 0.1) is 113 Å². The third-order valence-electron chi connectivity index (χ3n) is 22.3. The summed E-state index contributed by atoms with van der Waals surface area (Å²) < 4.78 is 168. The summed E-state index contributed by atoms with van der Waals surface area (Å²) in [6.45, 7) is 5.87. The molecule has 10 heterocycles. The molecule has 0 atom stereocenters. The molecule has 30 nitrogen and oxygen atoms in total. The molecule has 39 heteroatoms. The van der Waals surface area contributed by atoms with E-state index in [0.717, 1.165) is 54.8 Å². The standard InChI is InChI=1S/C26H24N4O4S.C25H19F2N3O4S.C24H19FN4O4S.C23H18ClN3O4S2/c1-17-7-8-20(14-23(17)25-27-15-19-5-3-4-6-24(19)29-25)28-26(31)22-10-9-21(13-18(22)2)30-11-12-34-16-35(30,32)33;26-22-14-18(13-21(23(22)27)24-20-4-2-1-3-16(20)9-10-28-24)29-25(31)17-5-7-19(8-6-17)30-11-12-34-15-35(30,32)33;25-21-8-5-17(14-20(21)23-19-2-1-10-26-22(19)9-11-27-23)28-24(30)16-3-6-18(7-4-16)29-12-13-33-15-34(29,31)32;24-20-6-3-17(13-19(20)21-22-15(7-9-25-21)8-12-32-22)26-23(28)16-1-4-18(5-2-16)27-10-11-31-14-33(27,29)30/h3-10,13-15H,11-12,16H2,1-2H3,(H,28,31);1-10,13-14H,11-12,15H2,(H,29,31);1-11,14H,12-13,15H2,(H,28,30);1-9,12-13H,10-11,14H2,(H,26,28). The van der Waals surface area contributed by atoms with Crippen LogP contribution in [0.5, 0.6) is 0 Å². The van der Waals surface area contributed by atoms with E-state index in [0.29, 0.717) is 115 Å². The molecule has 10 aromatic carbocycles. The molecule has 0 spiro atoms. The van der Waals surface area contributed by atoms with Gasteiger partial charge in [-0.05, 0) is 229 Å². The summed E-state index contributed by atoms with van der Waals surface area (Å²) in [7, 11) is -14.2. The van der Waals surface area contributed by atoms with Gasteiger partial charge in [-0.25, -0.2) is 56.8 Å². The normalized spacial score (nSPS) is 15.3. The van der Waals surface area contributed by atoms with Crippen molar-refractivity contribution in [2.24, 2.45) is 0 Å². The summed E-state index contributed by atoms with van der Waals surface area (Å²) in [6.07, 6.45) is 8.26. The molecular weight excluding hydrogens is 1880 g/mol. The van der Waals surface area contributed by atoms with Gasteiger partial charge < -0.3 is 40.2 Å². The molecule has 20 rings (SSSR count). The molecule has 0 saturated carbocycles. The van der Waals surface area contributed by atoms with Crippen LogP contribution >= 0.6 is 22.9 Å². The number of amides is 4. The zero-order valence-corrected chi connectivity index (χ0v) is 77.4. The van der Waals surface area contributed by atoms with Crippen molar-refractivity contribution in [1.82, 2.24) is 29.9 Å². The lowest BCUT2D eigenvalue weighted by Gasteiger charge is -2.28. The van der Waals surface area contributed by atoms with Gasteiger partial charge in [-0.3, -0.25) is 56.3 Å². The number of nitrogens with zero attached hydrogens (tertiary/aromatic N) is 10. The van der Waals surface area contributed by atoms with Crippen LogP contribution in [0.25, 0.3) is 87.8 Å². The SMILES string of the molecule is Cc1cc(N2CCOCS2(=O)=O)ccc1C(=O)Nc1ccc(C)c(-c2ncc3ccccc3n2)c1.O=C(Nc1cc(F)c(F)c(-c2nccc3ccccc23)c1)c1ccc(N2CCOCS2(=O)=O)cc1.O=C(Nc1ccc(Cl)c(-c2nccc3ccsc23)c1)c1ccc(N2CCOCS2(=O)=O)cc1.O=C(Nc1ccc(F)c(-c2nccc3ncccc23)c1)c1ccc(N2CCOCS2(=O)=O)cc1. The monoisotopic (exact) mass is 1960 g/mol. The van der Waals surface area contributed by atoms with Gasteiger partial charge in [-0.2, -0.15) is 0 Å². The number of benzene rings is 10. The van der Waals surface area contributed by atoms with E-state index in [1.165, 1.54) is 84.1 Å². The Balaban J connectivity index is 0.000000127. The molecule has 6 aromatic heterocycles. The topological polar surface area (TPSA) is 380 Å². The summed E-state index contributed by atoms with van der Waals surface area (Å²) in [5.74, 6) is -5.12. The molecule has 0 radical (unpaired) electrons. The Bertz CT molecular complexity index is 7880. The number of carbonyl (C=O) groups is 4. The molecule has 0 bridgehead atoms. The fraction of sp³-hybridized carbons (Fsp3) is 0.143. The number of sulfonamides is 4. The highest BCUT2D eigenvalue weighted by atomic mass is 35.5. The van der Waals surface area contributed by atoms with Crippen LogP contribution in [-0.2, 0) is 59.0 Å². The second-order valence-corrected chi connectivity index (χ2v) is 40.1. The van der Waals surface area contributed by atoms with E-state index < -0.39 is 75.3 Å². The first-order valence-electron chi connectivity index (χ1n) is 42.3. The second-order valence-electron chi connectivity index (χ2n) is 31.4. The lowest BCUT2D eigenvalue weighted by Crippen LogP contribution is -2.41. The first-order chi connectivity index (χ1) is 66.0. The molecule has 4 N–H and O–H groups in total. The van der Waals surface area contributed by atoms with Crippen molar-refractivity contribution < 1.29 is 85.0 Å². The van der Waals surface area contributed by atoms with Crippen LogP contribution in [0.4, 0.5) is 58.7 Å². The summed E-state index contributed by atoms with van der Waals surface area (Å²) in [4.78, 5) is 78.0. The highest BCUT2D eigenvalue weighted by molar-refractivity contribution is 7.93. The van der Waals surface area contributed by atoms with Crippen LogP contribution in [0.3, 0.4) is 0 Å². The van der Waals surface area contributed by atoms with Gasteiger partial charge in [0.1, 0.15) is 5.82 Å². The Morgan fingerprint density at radius 1 is 0.372 bits per heavy atom. The van der Waals surface area contributed by atoms with Gasteiger partial charge in [-0.15, -0.1) is 11.3 Å². The summed E-state index contributed by atoms with van der Waals surface area (Å²) in [5.41, 5.74) is 11.3. The van der Waals surface area contributed by atoms with Gasteiger partial charge in [0, 0.05) is 120 Å². The fourth-order valence-electron chi connectivity index (χ4n) is 15.5. The van der Waals surface area contributed by atoms with Crippen LogP contribution in [0.2, 0.25) is 5.02 Å². The summed E-state index contributed by atoms with van der Waals surface area (Å²) in [5, 5.41) is 17.9. The third-order valence-corrected chi connectivity index (χ3v) is 29.7. The number of aromatic nitrogens is 6. The number of thiophene rings is 1. The van der Waals surface area contributed by atoms with E-state index in [4.69, 9.17) is 30.5 Å². The van der Waals surface area contributed by atoms with Crippen LogP contribution in [0.15, 0.2) is 279 Å². The third kappa shape index (κ3) is 21.3. The van der Waals surface area contributed by atoms with E-state index in [9.17, 15) is 66.0 Å². The van der Waals surface area contributed by atoms with Crippen LogP contribution in [-0.4, -0.2) is 164 Å². The Kier molecular flexibility index (Phi) is 27.9. The van der Waals surface area contributed by atoms with E-state index in [2.05, 4.69) is 51.2 Å². The molecule has 4 amide bonds. The minimum atomic E-state index is -3.59. The molecule has 696 valence electrons. The molecule has 4 aliphatic rings. The summed E-state index contributed by atoms with van der Waals surface area (Å²) >= 11 is 8.04. The number of halogens is 4. The molecular formula is C98H80ClF3N14O16S5. The van der Waals surface area contributed by atoms with Crippen molar-refractivity contribution in [3.8, 4) is 45.2 Å². The van der Waals surface area contributed by atoms with Crippen molar-refractivity contribution >= 4 is 175 Å². The van der Waals surface area contributed by atoms with Gasteiger partial charge >= 0.3 is 0 Å². The zero-order valence-electron chi connectivity index (χ0n) is 72.6. The number of anilines is 8. The quantitative estimate of drug-likeness (QED) is 0.0698. The minimum absolute atomic E-state index is 0.0541. The predicted molar refractivity (Wildman–Crippen MR) is 522 cm³/mol. The zero-order chi connectivity index (χ0) is 95.9. The number of nitrogens with one attached hydrogen (secondary N) is 4. The van der Waals surface area contributed by atoms with Crippen molar-refractivity contribution in [2.75, 3.05) is 115 Å². The van der Waals surface area contributed by atoms with Gasteiger partial charge in [0.15, 0.2) is 41.2 Å². The average molecular weight is 1960 g/mol. The smallest absolute Gasteiger partial charge is 0.259 e. The molecule has 0 unspecified atom stereocenters. The lowest BCUT2D eigenvalue weighted by atomic mass is 10.0. The molecule has 4 aliphatic heterocycles. The maximum absolute atomic E-state index is 14.7. The Morgan fingerprint density at radius 2 is 0.832 bits per heavy atom. The fourth-order valence-corrected chi connectivity index (χ4v) is 21.6. The van der Waals surface area contributed by atoms with E-state index in [1.54, 1.807) is 146 Å². The summed E-state index contributed by atoms with van der Waals surface area (Å²) in [6, 6.07) is 67.0. The lowest BCUT2D eigenvalue weighted by molar-refractivity contribution is 0.101. The average Bonchev–Trinajstić information content (AvgIpc) is 1.77. The van der Waals surface area contributed by atoms with Crippen molar-refractivity contribution in [2.45, 2.75) is 13.8 Å². The van der Waals surface area contributed by atoms with Gasteiger partial charge in [0.25, 0.3) is 63.7 Å². The van der Waals surface area contributed by atoms with Gasteiger partial charge in [0.2, 0.25) is 0 Å². The van der Waals surface area contributed by atoms with E-state index in [1.807, 2.05) is 85.1 Å². The van der Waals surface area contributed by atoms with Crippen LogP contribution < -0.4 is 38.5 Å². The van der Waals surface area contributed by atoms with E-state index in [-0.39, 0.29) is 90.5 Å². The Hall–Kier alpha value is -14.6. The number of rotatable bonds is 16. The number of hydrogen-bond donors (Lipinski definition) is 4. The molecule has 16 aromatic rings. The second kappa shape index (κ2) is 40.5. The first-order valence-corrected chi connectivity index (χ1v) is 50.0. The van der Waals surface area contributed by atoms with Crippen molar-refractivity contribution in [3.05, 3.63) is 335 Å². The largest absolute Gasteiger partial charge is 0.362 e. The van der Waals surface area contributed by atoms with Crippen LogP contribution in [0, 0.1) is 31.3 Å². The maximum Gasteiger partial charge on any atom is 0.259 e. The highest BCUT2D eigenvalue weighted by Crippen LogP contribution is 2.40. The van der Waals surface area contributed by atoms with Crippen molar-refractivity contribution in [3.63, 3.8) is 0 Å². The highest BCUT2D eigenvalue weighted by Gasteiger charge is 2.33.